The predicted molar refractivity (Wildman–Crippen MR) is 91.4 cm³/mol. The van der Waals surface area contributed by atoms with E-state index in [1.165, 1.54) is 0 Å². The average Bonchev–Trinajstić information content (AvgIpc) is 2.79. The fourth-order valence-electron chi connectivity index (χ4n) is 3.37. The zero-order valence-electron chi connectivity index (χ0n) is 14.6. The number of carbonyl (C=O) groups is 3. The molecule has 1 aliphatic heterocycles. The van der Waals surface area contributed by atoms with Crippen molar-refractivity contribution < 1.29 is 19.1 Å². The molecule has 1 saturated heterocycles. The van der Waals surface area contributed by atoms with Gasteiger partial charge in [-0.15, -0.1) is 0 Å². The van der Waals surface area contributed by atoms with Crippen molar-refractivity contribution in [3.05, 3.63) is 41.5 Å². The van der Waals surface area contributed by atoms with Gasteiger partial charge in [-0.05, 0) is 56.9 Å². The van der Waals surface area contributed by atoms with E-state index < -0.39 is 12.0 Å². The molecule has 6 nitrogen and oxygen atoms in total. The van der Waals surface area contributed by atoms with Crippen LogP contribution in [-0.4, -0.2) is 28.8 Å². The van der Waals surface area contributed by atoms with Crippen LogP contribution in [-0.2, 0) is 14.4 Å². The van der Waals surface area contributed by atoms with E-state index in [0.717, 1.165) is 16.1 Å². The monoisotopic (exact) mass is 342 g/mol. The second-order valence-corrected chi connectivity index (χ2v) is 6.73. The zero-order valence-corrected chi connectivity index (χ0v) is 14.6. The van der Waals surface area contributed by atoms with E-state index in [1.807, 2.05) is 44.2 Å². The van der Waals surface area contributed by atoms with Gasteiger partial charge in [0.25, 0.3) is 17.7 Å². The smallest absolute Gasteiger partial charge is 0.279 e. The summed E-state index contributed by atoms with van der Waals surface area (Å²) in [6.07, 6.45) is 4.06. The molecule has 3 rings (SSSR count). The molecule has 132 valence electrons. The topological polar surface area (TPSA) is 75.7 Å². The van der Waals surface area contributed by atoms with E-state index in [-0.39, 0.29) is 23.7 Å². The summed E-state index contributed by atoms with van der Waals surface area (Å²) in [5.74, 6) is -1.36. The highest BCUT2D eigenvalue weighted by Gasteiger charge is 2.48. The van der Waals surface area contributed by atoms with E-state index >= 15 is 0 Å². The second-order valence-electron chi connectivity index (χ2n) is 6.73. The zero-order chi connectivity index (χ0) is 18.1. The number of rotatable bonds is 4. The second kappa shape index (κ2) is 6.70. The minimum absolute atomic E-state index is 0.341. The van der Waals surface area contributed by atoms with Crippen molar-refractivity contribution in [2.24, 2.45) is 11.8 Å². The van der Waals surface area contributed by atoms with Crippen LogP contribution >= 0.6 is 0 Å². The predicted octanol–water partition coefficient (Wildman–Crippen LogP) is 2.05. The molecule has 3 amide bonds. The number of nitrogens with one attached hydrogen (secondary N) is 1. The standard InChI is InChI=1S/C19H22N2O4/c1-11-8-12(2)10-14(9-11)25-13(3)17(22)20-21-18(23)15-6-4-5-7-16(15)19(21)24/h4-5,8-10,13,15-16H,6-7H2,1-3H3,(H,20,22)/t13-,15-,16+/m0/s1. The van der Waals surface area contributed by atoms with Gasteiger partial charge >= 0.3 is 0 Å². The summed E-state index contributed by atoms with van der Waals surface area (Å²) in [6.45, 7) is 5.48. The highest BCUT2D eigenvalue weighted by atomic mass is 16.5. The number of amides is 3. The maximum Gasteiger partial charge on any atom is 0.279 e. The van der Waals surface area contributed by atoms with Gasteiger partial charge in [-0.2, -0.15) is 5.01 Å². The maximum absolute atomic E-state index is 12.4. The summed E-state index contributed by atoms with van der Waals surface area (Å²) in [7, 11) is 0. The lowest BCUT2D eigenvalue weighted by Crippen LogP contribution is -2.50. The molecule has 0 radical (unpaired) electrons. The number of imide groups is 1. The number of fused-ring (bicyclic) bond motifs is 1. The Bertz CT molecular complexity index is 710. The molecule has 0 spiro atoms. The van der Waals surface area contributed by atoms with Crippen LogP contribution in [0.15, 0.2) is 30.4 Å². The minimum atomic E-state index is -0.831. The molecule has 1 aromatic carbocycles. The SMILES string of the molecule is Cc1cc(C)cc(O[C@@H](C)C(=O)NN2C(=O)[C@H]3CC=CC[C@H]3C2=O)c1. The van der Waals surface area contributed by atoms with Gasteiger partial charge in [0.2, 0.25) is 0 Å². The Labute approximate surface area is 146 Å². The average molecular weight is 342 g/mol. The van der Waals surface area contributed by atoms with Gasteiger partial charge in [0.1, 0.15) is 5.75 Å². The van der Waals surface area contributed by atoms with Gasteiger partial charge < -0.3 is 4.74 Å². The van der Waals surface area contributed by atoms with Gasteiger partial charge in [-0.3, -0.25) is 19.8 Å². The molecule has 1 aromatic rings. The molecule has 25 heavy (non-hydrogen) atoms. The number of carbonyl (C=O) groups excluding carboxylic acids is 3. The van der Waals surface area contributed by atoms with Gasteiger partial charge in [-0.1, -0.05) is 18.2 Å². The highest BCUT2D eigenvalue weighted by Crippen LogP contribution is 2.34. The normalized spacial score (nSPS) is 23.4. The van der Waals surface area contributed by atoms with Crippen molar-refractivity contribution >= 4 is 17.7 Å². The molecule has 0 unspecified atom stereocenters. The summed E-state index contributed by atoms with van der Waals surface area (Å²) < 4.78 is 5.66. The maximum atomic E-state index is 12.4. The molecule has 1 fully saturated rings. The number of hydrazine groups is 1. The molecule has 0 bridgehead atoms. The first-order chi connectivity index (χ1) is 11.9. The van der Waals surface area contributed by atoms with Crippen LogP contribution in [0, 0.1) is 25.7 Å². The third kappa shape index (κ3) is 3.43. The van der Waals surface area contributed by atoms with Gasteiger partial charge in [0, 0.05) is 0 Å². The lowest BCUT2D eigenvalue weighted by Gasteiger charge is -2.20. The van der Waals surface area contributed by atoms with Crippen LogP contribution in [0.2, 0.25) is 0 Å². The first-order valence-electron chi connectivity index (χ1n) is 8.45. The van der Waals surface area contributed by atoms with Crippen molar-refractivity contribution in [3.8, 4) is 5.75 Å². The van der Waals surface area contributed by atoms with Crippen LogP contribution in [0.3, 0.4) is 0 Å². The Balaban J connectivity index is 1.65. The Morgan fingerprint density at radius 2 is 1.60 bits per heavy atom. The minimum Gasteiger partial charge on any atom is -0.481 e. The Morgan fingerprint density at radius 1 is 1.08 bits per heavy atom. The van der Waals surface area contributed by atoms with Crippen LogP contribution in [0.5, 0.6) is 5.75 Å². The summed E-state index contributed by atoms with van der Waals surface area (Å²) in [4.78, 5) is 37.1. The number of ether oxygens (including phenoxy) is 1. The third-order valence-electron chi connectivity index (χ3n) is 4.61. The molecule has 0 aromatic heterocycles. The molecule has 6 heteroatoms. The summed E-state index contributed by atoms with van der Waals surface area (Å²) in [5.41, 5.74) is 4.49. The van der Waals surface area contributed by atoms with E-state index in [1.54, 1.807) is 6.92 Å². The fraction of sp³-hybridized carbons (Fsp3) is 0.421. The molecule has 3 atom stereocenters. The largest absolute Gasteiger partial charge is 0.481 e. The first-order valence-corrected chi connectivity index (χ1v) is 8.45. The van der Waals surface area contributed by atoms with E-state index in [2.05, 4.69) is 5.43 Å². The number of allylic oxidation sites excluding steroid dienone is 2. The summed E-state index contributed by atoms with van der Waals surface area (Å²) >= 11 is 0. The van der Waals surface area contributed by atoms with Crippen molar-refractivity contribution in [2.45, 2.75) is 39.7 Å². The Morgan fingerprint density at radius 3 is 2.12 bits per heavy atom. The number of nitrogens with zero attached hydrogens (tertiary/aromatic N) is 1. The van der Waals surface area contributed by atoms with Gasteiger partial charge in [0.15, 0.2) is 6.10 Å². The van der Waals surface area contributed by atoms with Crippen LogP contribution in [0.25, 0.3) is 0 Å². The van der Waals surface area contributed by atoms with E-state index in [0.29, 0.717) is 18.6 Å². The fourth-order valence-corrected chi connectivity index (χ4v) is 3.37. The summed E-state index contributed by atoms with van der Waals surface area (Å²) in [6, 6.07) is 5.68. The lowest BCUT2D eigenvalue weighted by molar-refractivity contribution is -0.151. The van der Waals surface area contributed by atoms with E-state index in [9.17, 15) is 14.4 Å². The summed E-state index contributed by atoms with van der Waals surface area (Å²) in [5, 5.41) is 0.867. The third-order valence-corrected chi connectivity index (χ3v) is 4.61. The number of aryl methyl sites for hydroxylation is 2. The Kier molecular flexibility index (Phi) is 4.61. The lowest BCUT2D eigenvalue weighted by atomic mass is 9.85. The van der Waals surface area contributed by atoms with Crippen molar-refractivity contribution in [3.63, 3.8) is 0 Å². The molecule has 1 aliphatic carbocycles. The van der Waals surface area contributed by atoms with Crippen molar-refractivity contribution in [1.29, 1.82) is 0 Å². The van der Waals surface area contributed by atoms with Crippen LogP contribution < -0.4 is 10.2 Å². The number of hydrogen-bond donors (Lipinski definition) is 1. The molecule has 0 saturated carbocycles. The molecule has 1 N–H and O–H groups in total. The van der Waals surface area contributed by atoms with Gasteiger partial charge in [-0.25, -0.2) is 0 Å². The number of hydrogen-bond acceptors (Lipinski definition) is 4. The quantitative estimate of drug-likeness (QED) is 0.671. The van der Waals surface area contributed by atoms with Gasteiger partial charge in [0.05, 0.1) is 11.8 Å². The van der Waals surface area contributed by atoms with Crippen molar-refractivity contribution in [2.75, 3.05) is 0 Å². The molecular formula is C19H22N2O4. The van der Waals surface area contributed by atoms with E-state index in [4.69, 9.17) is 4.74 Å². The molecule has 1 heterocycles. The van der Waals surface area contributed by atoms with Crippen LogP contribution in [0.4, 0.5) is 0 Å². The highest BCUT2D eigenvalue weighted by molar-refractivity contribution is 6.06. The van der Waals surface area contributed by atoms with Crippen LogP contribution in [0.1, 0.15) is 30.9 Å². The molecular weight excluding hydrogens is 320 g/mol. The number of benzene rings is 1. The van der Waals surface area contributed by atoms with Crippen molar-refractivity contribution in [1.82, 2.24) is 10.4 Å². The first kappa shape index (κ1) is 17.2. The molecule has 2 aliphatic rings. The Hall–Kier alpha value is -2.63.